The normalized spacial score (nSPS) is 29.8. The maximum Gasteiger partial charge on any atom is 0.326 e. The lowest BCUT2D eigenvalue weighted by atomic mass is 9.84. The highest BCUT2D eigenvalue weighted by atomic mass is 16.4. The zero-order valence-corrected chi connectivity index (χ0v) is 11.9. The number of carbonyl (C=O) groups is 3. The van der Waals surface area contributed by atoms with Crippen LogP contribution in [0.1, 0.15) is 44.9 Å². The number of amides is 1. The Morgan fingerprint density at radius 1 is 1.19 bits per heavy atom. The van der Waals surface area contributed by atoms with Crippen LogP contribution in [0.2, 0.25) is 0 Å². The number of hydrogen-bond acceptors (Lipinski definition) is 4. The number of fused-ring (bicyclic) bond motifs is 1. The second-order valence-corrected chi connectivity index (χ2v) is 5.99. The summed E-state index contributed by atoms with van der Waals surface area (Å²) in [6.45, 7) is 0. The maximum absolute atomic E-state index is 12.4. The fraction of sp³-hybridized carbons (Fsp3) is 0.786. The Morgan fingerprint density at radius 3 is 2.48 bits per heavy atom. The summed E-state index contributed by atoms with van der Waals surface area (Å²) in [5, 5.41) is 18.1. The van der Waals surface area contributed by atoms with Crippen LogP contribution < -0.4 is 5.73 Å². The van der Waals surface area contributed by atoms with Gasteiger partial charge in [-0.05, 0) is 31.6 Å². The van der Waals surface area contributed by atoms with Crippen molar-refractivity contribution >= 4 is 17.8 Å². The lowest BCUT2D eigenvalue weighted by Crippen LogP contribution is -2.46. The van der Waals surface area contributed by atoms with Crippen LogP contribution in [-0.4, -0.2) is 51.1 Å². The van der Waals surface area contributed by atoms with Crippen LogP contribution in [-0.2, 0) is 14.4 Å². The Hall–Kier alpha value is -1.63. The van der Waals surface area contributed by atoms with Crippen LogP contribution in [0.4, 0.5) is 0 Å². The van der Waals surface area contributed by atoms with Gasteiger partial charge in [0.25, 0.3) is 0 Å². The van der Waals surface area contributed by atoms with Gasteiger partial charge >= 0.3 is 11.9 Å². The van der Waals surface area contributed by atoms with Gasteiger partial charge in [0.05, 0.1) is 0 Å². The molecule has 2 fully saturated rings. The molecule has 1 aliphatic carbocycles. The zero-order valence-electron chi connectivity index (χ0n) is 11.9. The second kappa shape index (κ2) is 6.43. The molecule has 1 aliphatic heterocycles. The summed E-state index contributed by atoms with van der Waals surface area (Å²) in [4.78, 5) is 35.9. The molecule has 118 valence electrons. The Bertz CT molecular complexity index is 439. The molecule has 4 N–H and O–H groups in total. The predicted molar refractivity (Wildman–Crippen MR) is 73.5 cm³/mol. The molecule has 0 aromatic carbocycles. The molecule has 0 unspecified atom stereocenters. The SMILES string of the molecule is N[C@H](CCC(=O)N1[C@H](C(=O)O)C[C@@H]2CCCC[C@@H]21)C(=O)O. The summed E-state index contributed by atoms with van der Waals surface area (Å²) in [7, 11) is 0. The van der Waals surface area contributed by atoms with E-state index in [1.54, 1.807) is 0 Å². The molecule has 1 heterocycles. The number of aliphatic carboxylic acids is 2. The number of nitrogens with two attached hydrogens (primary N) is 1. The van der Waals surface area contributed by atoms with E-state index in [0.29, 0.717) is 6.42 Å². The molecule has 2 rings (SSSR count). The molecule has 2 aliphatic rings. The minimum absolute atomic E-state index is 0.00611. The Morgan fingerprint density at radius 2 is 1.86 bits per heavy atom. The Balaban J connectivity index is 2.04. The fourth-order valence-electron chi connectivity index (χ4n) is 3.57. The third-order valence-corrected chi connectivity index (χ3v) is 4.65. The van der Waals surface area contributed by atoms with Crippen molar-refractivity contribution in [3.8, 4) is 0 Å². The van der Waals surface area contributed by atoms with Gasteiger partial charge in [-0.2, -0.15) is 0 Å². The third-order valence-electron chi connectivity index (χ3n) is 4.65. The number of rotatable bonds is 5. The minimum Gasteiger partial charge on any atom is -0.480 e. The van der Waals surface area contributed by atoms with E-state index in [-0.39, 0.29) is 30.7 Å². The first-order valence-corrected chi connectivity index (χ1v) is 7.44. The molecule has 0 radical (unpaired) electrons. The van der Waals surface area contributed by atoms with E-state index < -0.39 is 24.0 Å². The van der Waals surface area contributed by atoms with Gasteiger partial charge in [-0.25, -0.2) is 4.79 Å². The average molecular weight is 298 g/mol. The molecule has 1 saturated heterocycles. The highest BCUT2D eigenvalue weighted by Gasteiger charge is 2.47. The van der Waals surface area contributed by atoms with Crippen molar-refractivity contribution in [2.45, 2.75) is 63.1 Å². The summed E-state index contributed by atoms with van der Waals surface area (Å²) in [5.74, 6) is -2.14. The molecule has 4 atom stereocenters. The lowest BCUT2D eigenvalue weighted by Gasteiger charge is -2.33. The van der Waals surface area contributed by atoms with Crippen molar-refractivity contribution in [2.24, 2.45) is 11.7 Å². The van der Waals surface area contributed by atoms with Crippen LogP contribution in [0.15, 0.2) is 0 Å². The standard InChI is InChI=1S/C14H22N2O5/c15-9(13(18)19)5-6-12(17)16-10-4-2-1-3-8(10)7-11(16)14(20)21/h8-11H,1-7,15H2,(H,18,19)(H,20,21)/t8-,9+,10-,11-/m0/s1. The zero-order chi connectivity index (χ0) is 15.6. The average Bonchev–Trinajstić information content (AvgIpc) is 2.83. The minimum atomic E-state index is -1.14. The summed E-state index contributed by atoms with van der Waals surface area (Å²) < 4.78 is 0. The van der Waals surface area contributed by atoms with Gasteiger partial charge in [0, 0.05) is 12.5 Å². The summed E-state index contributed by atoms with van der Waals surface area (Å²) in [6, 6.07) is -1.86. The summed E-state index contributed by atoms with van der Waals surface area (Å²) >= 11 is 0. The molecule has 0 aromatic rings. The molecular weight excluding hydrogens is 276 g/mol. The van der Waals surface area contributed by atoms with Gasteiger partial charge in [0.15, 0.2) is 0 Å². The first kappa shape index (κ1) is 15.8. The molecule has 0 bridgehead atoms. The van der Waals surface area contributed by atoms with Crippen molar-refractivity contribution in [1.82, 2.24) is 4.90 Å². The summed E-state index contributed by atoms with van der Waals surface area (Å²) in [6.07, 6.45) is 4.43. The van der Waals surface area contributed by atoms with E-state index in [9.17, 15) is 19.5 Å². The van der Waals surface area contributed by atoms with E-state index in [4.69, 9.17) is 10.8 Å². The molecule has 1 saturated carbocycles. The molecule has 7 nitrogen and oxygen atoms in total. The maximum atomic E-state index is 12.4. The van der Waals surface area contributed by atoms with Crippen LogP contribution >= 0.6 is 0 Å². The van der Waals surface area contributed by atoms with Crippen LogP contribution in [0.3, 0.4) is 0 Å². The van der Waals surface area contributed by atoms with Gasteiger partial charge in [0.1, 0.15) is 12.1 Å². The van der Waals surface area contributed by atoms with Gasteiger partial charge < -0.3 is 20.8 Å². The molecule has 0 spiro atoms. The van der Waals surface area contributed by atoms with E-state index in [1.807, 2.05) is 0 Å². The van der Waals surface area contributed by atoms with Crippen molar-refractivity contribution in [2.75, 3.05) is 0 Å². The van der Waals surface area contributed by atoms with Crippen molar-refractivity contribution in [1.29, 1.82) is 0 Å². The van der Waals surface area contributed by atoms with Crippen LogP contribution in [0.25, 0.3) is 0 Å². The van der Waals surface area contributed by atoms with Gasteiger partial charge in [0.2, 0.25) is 5.91 Å². The van der Waals surface area contributed by atoms with Crippen molar-refractivity contribution < 1.29 is 24.6 Å². The fourth-order valence-corrected chi connectivity index (χ4v) is 3.57. The van der Waals surface area contributed by atoms with Gasteiger partial charge in [-0.1, -0.05) is 12.8 Å². The van der Waals surface area contributed by atoms with E-state index in [2.05, 4.69) is 0 Å². The largest absolute Gasteiger partial charge is 0.480 e. The van der Waals surface area contributed by atoms with E-state index in [0.717, 1.165) is 25.7 Å². The van der Waals surface area contributed by atoms with Gasteiger partial charge in [-0.15, -0.1) is 0 Å². The monoisotopic (exact) mass is 298 g/mol. The molecular formula is C14H22N2O5. The van der Waals surface area contributed by atoms with Gasteiger partial charge in [-0.3, -0.25) is 9.59 Å². The van der Waals surface area contributed by atoms with Crippen molar-refractivity contribution in [3.63, 3.8) is 0 Å². The first-order valence-electron chi connectivity index (χ1n) is 7.44. The highest BCUT2D eigenvalue weighted by molar-refractivity contribution is 5.85. The van der Waals surface area contributed by atoms with E-state index in [1.165, 1.54) is 4.90 Å². The number of carboxylic acids is 2. The second-order valence-electron chi connectivity index (χ2n) is 5.99. The number of nitrogens with zero attached hydrogens (tertiary/aromatic N) is 1. The smallest absolute Gasteiger partial charge is 0.326 e. The van der Waals surface area contributed by atoms with Crippen LogP contribution in [0, 0.1) is 5.92 Å². The Labute approximate surface area is 123 Å². The topological polar surface area (TPSA) is 121 Å². The quantitative estimate of drug-likeness (QED) is 0.676. The Kier molecular flexibility index (Phi) is 4.82. The number of carboxylic acid groups (broad SMARTS) is 2. The lowest BCUT2D eigenvalue weighted by molar-refractivity contribution is -0.150. The number of carbonyl (C=O) groups excluding carboxylic acids is 1. The van der Waals surface area contributed by atoms with E-state index >= 15 is 0 Å². The molecule has 1 amide bonds. The summed E-state index contributed by atoms with van der Waals surface area (Å²) in [5.41, 5.74) is 5.40. The van der Waals surface area contributed by atoms with Crippen LogP contribution in [0.5, 0.6) is 0 Å². The molecule has 21 heavy (non-hydrogen) atoms. The van der Waals surface area contributed by atoms with Crippen molar-refractivity contribution in [3.05, 3.63) is 0 Å². The molecule has 0 aromatic heterocycles. The third kappa shape index (κ3) is 3.34. The highest BCUT2D eigenvalue weighted by Crippen LogP contribution is 2.40. The molecule has 7 heteroatoms. The number of likely N-dealkylation sites (tertiary alicyclic amines) is 1. The first-order chi connectivity index (χ1) is 9.91. The predicted octanol–water partition coefficient (Wildman–Crippen LogP) is 0.423. The number of hydrogen-bond donors (Lipinski definition) is 3.